The monoisotopic (exact) mass is 405 g/mol. The SMILES string of the molecule is O=C(NC1CCCCNC1=O)C1CCN(S(=O)(=O)/C=C/c2ccccc2)CC1. The summed E-state index contributed by atoms with van der Waals surface area (Å²) >= 11 is 0. The summed E-state index contributed by atoms with van der Waals surface area (Å²) in [6.07, 6.45) is 4.96. The van der Waals surface area contributed by atoms with E-state index in [2.05, 4.69) is 10.6 Å². The van der Waals surface area contributed by atoms with Crippen LogP contribution in [-0.2, 0) is 19.6 Å². The summed E-state index contributed by atoms with van der Waals surface area (Å²) in [4.78, 5) is 24.5. The minimum absolute atomic E-state index is 0.128. The highest BCUT2D eigenvalue weighted by molar-refractivity contribution is 7.92. The fourth-order valence-corrected chi connectivity index (χ4v) is 4.77. The number of amides is 2. The quantitative estimate of drug-likeness (QED) is 0.776. The van der Waals surface area contributed by atoms with Gasteiger partial charge in [-0.2, -0.15) is 4.31 Å². The van der Waals surface area contributed by atoms with Gasteiger partial charge in [0.15, 0.2) is 0 Å². The summed E-state index contributed by atoms with van der Waals surface area (Å²) in [5, 5.41) is 6.88. The first kappa shape index (κ1) is 20.5. The number of nitrogens with one attached hydrogen (secondary N) is 2. The van der Waals surface area contributed by atoms with Gasteiger partial charge in [-0.1, -0.05) is 30.3 Å². The molecule has 2 aliphatic heterocycles. The molecule has 1 atom stereocenters. The van der Waals surface area contributed by atoms with Gasteiger partial charge in [0.2, 0.25) is 21.8 Å². The van der Waals surface area contributed by atoms with Crippen LogP contribution in [0.25, 0.3) is 6.08 Å². The van der Waals surface area contributed by atoms with Gasteiger partial charge in [0, 0.05) is 31.0 Å². The van der Waals surface area contributed by atoms with Gasteiger partial charge in [-0.25, -0.2) is 8.42 Å². The molecule has 0 saturated carbocycles. The summed E-state index contributed by atoms with van der Waals surface area (Å²) < 4.78 is 26.4. The Kier molecular flexibility index (Phi) is 6.85. The van der Waals surface area contributed by atoms with Crippen LogP contribution in [0, 0.1) is 5.92 Å². The number of hydrogen-bond acceptors (Lipinski definition) is 4. The molecule has 2 heterocycles. The Morgan fingerprint density at radius 3 is 2.54 bits per heavy atom. The van der Waals surface area contributed by atoms with Gasteiger partial charge >= 0.3 is 0 Å². The minimum atomic E-state index is -3.51. The molecule has 0 spiro atoms. The Morgan fingerprint density at radius 1 is 1.11 bits per heavy atom. The van der Waals surface area contributed by atoms with E-state index in [1.165, 1.54) is 9.71 Å². The van der Waals surface area contributed by atoms with Crippen LogP contribution in [0.2, 0.25) is 0 Å². The van der Waals surface area contributed by atoms with Crippen molar-refractivity contribution in [2.24, 2.45) is 5.92 Å². The fraction of sp³-hybridized carbons (Fsp3) is 0.500. The predicted molar refractivity (Wildman–Crippen MR) is 107 cm³/mol. The molecule has 2 fully saturated rings. The van der Waals surface area contributed by atoms with Crippen LogP contribution in [0.5, 0.6) is 0 Å². The van der Waals surface area contributed by atoms with Crippen molar-refractivity contribution in [3.8, 4) is 0 Å². The highest BCUT2D eigenvalue weighted by atomic mass is 32.2. The molecule has 1 aromatic carbocycles. The molecular formula is C20H27N3O4S. The molecule has 3 rings (SSSR count). The van der Waals surface area contributed by atoms with E-state index >= 15 is 0 Å². The number of rotatable bonds is 5. The van der Waals surface area contributed by atoms with Gasteiger partial charge in [0.25, 0.3) is 0 Å². The van der Waals surface area contributed by atoms with Crippen LogP contribution >= 0.6 is 0 Å². The standard InChI is InChI=1S/C20H27N3O4S/c24-19(22-18-8-4-5-12-21-20(18)25)17-9-13-23(14-10-17)28(26,27)15-11-16-6-2-1-3-7-16/h1-3,6-7,11,15,17-18H,4-5,8-10,12-14H2,(H,21,25)(H,22,24)/b15-11+. The predicted octanol–water partition coefficient (Wildman–Crippen LogP) is 1.48. The number of benzene rings is 1. The summed E-state index contributed by atoms with van der Waals surface area (Å²) in [6.45, 7) is 1.25. The average molecular weight is 406 g/mol. The zero-order valence-corrected chi connectivity index (χ0v) is 16.7. The zero-order chi connectivity index (χ0) is 20.0. The van der Waals surface area contributed by atoms with E-state index < -0.39 is 16.1 Å². The van der Waals surface area contributed by atoms with Crippen LogP contribution in [-0.4, -0.2) is 50.2 Å². The third kappa shape index (κ3) is 5.42. The number of carbonyl (C=O) groups is 2. The zero-order valence-electron chi connectivity index (χ0n) is 15.8. The van der Waals surface area contributed by atoms with Gasteiger partial charge in [-0.05, 0) is 43.7 Å². The van der Waals surface area contributed by atoms with Gasteiger partial charge < -0.3 is 10.6 Å². The molecule has 1 unspecified atom stereocenters. The van der Waals surface area contributed by atoms with Crippen molar-refractivity contribution in [1.82, 2.24) is 14.9 Å². The summed E-state index contributed by atoms with van der Waals surface area (Å²) in [6, 6.07) is 8.78. The van der Waals surface area contributed by atoms with Crippen LogP contribution in [0.3, 0.4) is 0 Å². The van der Waals surface area contributed by atoms with Crippen molar-refractivity contribution < 1.29 is 18.0 Å². The van der Waals surface area contributed by atoms with Gasteiger partial charge in [-0.15, -0.1) is 0 Å². The summed E-state index contributed by atoms with van der Waals surface area (Å²) in [5.41, 5.74) is 0.821. The Morgan fingerprint density at radius 2 is 1.82 bits per heavy atom. The molecule has 0 aromatic heterocycles. The van der Waals surface area contributed by atoms with Gasteiger partial charge in [-0.3, -0.25) is 9.59 Å². The third-order valence-corrected chi connectivity index (χ3v) is 6.83. The van der Waals surface area contributed by atoms with E-state index in [1.54, 1.807) is 6.08 Å². The topological polar surface area (TPSA) is 95.6 Å². The molecule has 7 nitrogen and oxygen atoms in total. The Labute approximate surface area is 166 Å². The molecular weight excluding hydrogens is 378 g/mol. The maximum atomic E-state index is 12.5. The van der Waals surface area contributed by atoms with Crippen LogP contribution in [0.4, 0.5) is 0 Å². The van der Waals surface area contributed by atoms with Crippen molar-refractivity contribution in [1.29, 1.82) is 0 Å². The molecule has 0 radical (unpaired) electrons. The smallest absolute Gasteiger partial charge is 0.242 e. The van der Waals surface area contributed by atoms with E-state index in [1.807, 2.05) is 30.3 Å². The van der Waals surface area contributed by atoms with Crippen molar-refractivity contribution in [3.63, 3.8) is 0 Å². The minimum Gasteiger partial charge on any atom is -0.354 e. The second-order valence-corrected chi connectivity index (χ2v) is 9.10. The first-order valence-electron chi connectivity index (χ1n) is 9.77. The molecule has 8 heteroatoms. The molecule has 152 valence electrons. The number of nitrogens with zero attached hydrogens (tertiary/aromatic N) is 1. The first-order valence-corrected chi connectivity index (χ1v) is 11.3. The van der Waals surface area contributed by atoms with E-state index in [0.29, 0.717) is 38.9 Å². The lowest BCUT2D eigenvalue weighted by Gasteiger charge is -2.30. The summed E-state index contributed by atoms with van der Waals surface area (Å²) in [7, 11) is -3.51. The van der Waals surface area contributed by atoms with Crippen LogP contribution in [0.1, 0.15) is 37.7 Å². The number of sulfonamides is 1. The van der Waals surface area contributed by atoms with E-state index in [9.17, 15) is 18.0 Å². The van der Waals surface area contributed by atoms with Gasteiger partial charge in [0.05, 0.1) is 0 Å². The molecule has 2 aliphatic rings. The highest BCUT2D eigenvalue weighted by Crippen LogP contribution is 2.21. The van der Waals surface area contributed by atoms with E-state index in [4.69, 9.17) is 0 Å². The molecule has 1 aromatic rings. The van der Waals surface area contributed by atoms with Gasteiger partial charge in [0.1, 0.15) is 6.04 Å². The first-order chi connectivity index (χ1) is 13.5. The largest absolute Gasteiger partial charge is 0.354 e. The van der Waals surface area contributed by atoms with Crippen molar-refractivity contribution >= 4 is 27.9 Å². The molecule has 2 N–H and O–H groups in total. The molecule has 0 aliphatic carbocycles. The molecule has 2 amide bonds. The average Bonchev–Trinajstić information content (AvgIpc) is 2.91. The lowest BCUT2D eigenvalue weighted by Crippen LogP contribution is -2.49. The summed E-state index contributed by atoms with van der Waals surface area (Å²) in [5.74, 6) is -0.545. The van der Waals surface area contributed by atoms with Crippen molar-refractivity contribution in [3.05, 3.63) is 41.3 Å². The molecule has 2 saturated heterocycles. The Balaban J connectivity index is 1.52. The van der Waals surface area contributed by atoms with Crippen molar-refractivity contribution in [2.45, 2.75) is 38.1 Å². The second-order valence-electron chi connectivity index (χ2n) is 7.28. The number of piperidine rings is 1. The van der Waals surface area contributed by atoms with E-state index in [-0.39, 0.29) is 17.7 Å². The second kappa shape index (κ2) is 9.34. The lowest BCUT2D eigenvalue weighted by molar-refractivity contribution is -0.131. The molecule has 0 bridgehead atoms. The highest BCUT2D eigenvalue weighted by Gasteiger charge is 2.32. The van der Waals surface area contributed by atoms with Crippen molar-refractivity contribution in [2.75, 3.05) is 19.6 Å². The normalized spacial score (nSPS) is 22.6. The number of carbonyl (C=O) groups excluding carboxylic acids is 2. The maximum Gasteiger partial charge on any atom is 0.242 e. The number of hydrogen-bond donors (Lipinski definition) is 2. The third-order valence-electron chi connectivity index (χ3n) is 5.27. The van der Waals surface area contributed by atoms with E-state index in [0.717, 1.165) is 18.4 Å². The van der Waals surface area contributed by atoms with Crippen LogP contribution in [0.15, 0.2) is 35.7 Å². The molecule has 28 heavy (non-hydrogen) atoms. The Hall–Kier alpha value is -2.19. The fourth-order valence-electron chi connectivity index (χ4n) is 3.55. The Bertz CT molecular complexity index is 815. The lowest BCUT2D eigenvalue weighted by atomic mass is 9.96. The maximum absolute atomic E-state index is 12.5. The van der Waals surface area contributed by atoms with Crippen LogP contribution < -0.4 is 10.6 Å².